The highest BCUT2D eigenvalue weighted by Gasteiger charge is 2.53. The van der Waals surface area contributed by atoms with Crippen molar-refractivity contribution in [3.63, 3.8) is 0 Å². The maximum atomic E-state index is 12.7. The Morgan fingerprint density at radius 3 is 1.54 bits per heavy atom. The molecule has 3 fully saturated rings. The fourth-order valence-electron chi connectivity index (χ4n) is 6.41. The molecule has 0 spiro atoms. The Hall–Kier alpha value is -3.82. The van der Waals surface area contributed by atoms with Gasteiger partial charge in [0.25, 0.3) is 0 Å². The number of nitrogens with zero attached hydrogens (tertiary/aromatic N) is 4. The van der Waals surface area contributed by atoms with Gasteiger partial charge in [0.15, 0.2) is 0 Å². The molecule has 0 aromatic rings. The summed E-state index contributed by atoms with van der Waals surface area (Å²) in [6, 6.07) is 2.75. The van der Waals surface area contributed by atoms with Gasteiger partial charge in [0.1, 0.15) is 23.3 Å². The zero-order valence-electron chi connectivity index (χ0n) is 32.4. The number of hydrogen-bond donors (Lipinski definition) is 0. The highest BCUT2D eigenvalue weighted by Crippen LogP contribution is 2.40. The van der Waals surface area contributed by atoms with Crippen LogP contribution in [0, 0.1) is 46.3 Å². The first-order valence-corrected chi connectivity index (χ1v) is 17.4. The lowest BCUT2D eigenvalue weighted by molar-refractivity contribution is -0.147. The van der Waals surface area contributed by atoms with Crippen LogP contribution in [0.25, 0.3) is 0 Å². The topological polar surface area (TPSA) is 178 Å². The number of nitriles is 2. The predicted molar refractivity (Wildman–Crippen MR) is 194 cm³/mol. The number of likely N-dealkylation sites (tertiary alicyclic amines) is 2. The molecule has 15 heteroatoms. The van der Waals surface area contributed by atoms with Crippen LogP contribution >= 0.6 is 0 Å². The van der Waals surface area contributed by atoms with Gasteiger partial charge in [0, 0.05) is 24.9 Å². The first-order chi connectivity index (χ1) is 23.5. The van der Waals surface area contributed by atoms with E-state index in [4.69, 9.17) is 28.3 Å². The quantitative estimate of drug-likeness (QED) is 0.120. The minimum Gasteiger partial charge on any atom is -0.467 e. The Labute approximate surface area is 311 Å². The van der Waals surface area contributed by atoms with Gasteiger partial charge in [-0.15, -0.1) is 6.58 Å². The standard InChI is InChI=1S/C21H35BN2O6.C15H22N2O4.CH4/c1-19(2,3)28-18(26)24-13-14(12-23)15(16(24)17(25)27-8)10-9-11-22-29-20(4,5)21(6,7)30-22;1-6-7-11-10(8-16)9-17(12(11)13(18)20-5)14(19)21-15(2,3)4;/h14-16H,9-11,13H2,1-8H3;6,10-12H,1,7,9H2,2-5H3;1H4/t14?,15?,16-;10?,11?,12-;/m00./s1. The molecule has 292 valence electrons. The van der Waals surface area contributed by atoms with Crippen LogP contribution in [0.2, 0.25) is 6.32 Å². The van der Waals surface area contributed by atoms with Crippen molar-refractivity contribution in [3.8, 4) is 12.1 Å². The lowest BCUT2D eigenvalue weighted by atomic mass is 9.78. The second-order valence-electron chi connectivity index (χ2n) is 16.1. The number of allylic oxidation sites excluding steroid dienone is 1. The first-order valence-electron chi connectivity index (χ1n) is 17.4. The summed E-state index contributed by atoms with van der Waals surface area (Å²) in [5.41, 5.74) is -2.17. The molecule has 4 unspecified atom stereocenters. The van der Waals surface area contributed by atoms with Gasteiger partial charge < -0.3 is 28.3 Å². The van der Waals surface area contributed by atoms with Crippen molar-refractivity contribution in [2.24, 2.45) is 23.7 Å². The maximum absolute atomic E-state index is 12.7. The van der Waals surface area contributed by atoms with E-state index in [-0.39, 0.29) is 39.5 Å². The molecule has 52 heavy (non-hydrogen) atoms. The van der Waals surface area contributed by atoms with Crippen LogP contribution in [0.5, 0.6) is 0 Å². The van der Waals surface area contributed by atoms with Crippen molar-refractivity contribution in [2.45, 2.75) is 137 Å². The molecular weight excluding hydrogens is 671 g/mol. The van der Waals surface area contributed by atoms with Gasteiger partial charge >= 0.3 is 31.2 Å². The molecule has 3 heterocycles. The van der Waals surface area contributed by atoms with Crippen molar-refractivity contribution in [3.05, 3.63) is 12.7 Å². The van der Waals surface area contributed by atoms with E-state index in [0.717, 1.165) is 0 Å². The van der Waals surface area contributed by atoms with E-state index in [0.29, 0.717) is 25.6 Å². The van der Waals surface area contributed by atoms with Crippen LogP contribution in [0.1, 0.15) is 95.9 Å². The molecular formula is C37H61BN4O10. The van der Waals surface area contributed by atoms with E-state index in [1.165, 1.54) is 24.0 Å². The van der Waals surface area contributed by atoms with Gasteiger partial charge in [0.2, 0.25) is 0 Å². The second kappa shape index (κ2) is 18.3. The molecule has 0 aliphatic carbocycles. The molecule has 3 rings (SSSR count). The zero-order chi connectivity index (χ0) is 39.1. The van der Waals surface area contributed by atoms with Gasteiger partial charge in [-0.1, -0.05) is 19.9 Å². The Balaban J connectivity index is 0.000000542. The molecule has 2 amide bonds. The summed E-state index contributed by atoms with van der Waals surface area (Å²) in [6.07, 6.45) is 2.79. The molecule has 0 radical (unpaired) electrons. The van der Waals surface area contributed by atoms with Gasteiger partial charge in [0.05, 0.1) is 49.4 Å². The molecule has 14 nitrogen and oxygen atoms in total. The van der Waals surface area contributed by atoms with Crippen LogP contribution < -0.4 is 0 Å². The van der Waals surface area contributed by atoms with Gasteiger partial charge in [-0.05, 0) is 88.4 Å². The summed E-state index contributed by atoms with van der Waals surface area (Å²) < 4.78 is 32.6. The number of hydrogen-bond acceptors (Lipinski definition) is 12. The van der Waals surface area contributed by atoms with E-state index >= 15 is 0 Å². The van der Waals surface area contributed by atoms with Crippen molar-refractivity contribution < 1.29 is 47.4 Å². The molecule has 6 atom stereocenters. The van der Waals surface area contributed by atoms with Crippen molar-refractivity contribution >= 4 is 31.2 Å². The van der Waals surface area contributed by atoms with Crippen LogP contribution in [0.4, 0.5) is 9.59 Å². The van der Waals surface area contributed by atoms with Gasteiger partial charge in [-0.25, -0.2) is 19.2 Å². The number of rotatable bonds is 8. The van der Waals surface area contributed by atoms with E-state index in [1.54, 1.807) is 47.6 Å². The second-order valence-corrected chi connectivity index (χ2v) is 16.1. The molecule has 0 saturated carbocycles. The summed E-state index contributed by atoms with van der Waals surface area (Å²) >= 11 is 0. The molecule has 3 aliphatic heterocycles. The monoisotopic (exact) mass is 732 g/mol. The largest absolute Gasteiger partial charge is 0.467 e. The average molecular weight is 733 g/mol. The first kappa shape index (κ1) is 46.2. The van der Waals surface area contributed by atoms with E-state index < -0.39 is 70.4 Å². The molecule has 0 N–H and O–H groups in total. The fraction of sp³-hybridized carbons (Fsp3) is 0.784. The van der Waals surface area contributed by atoms with Gasteiger partial charge in [-0.3, -0.25) is 9.80 Å². The van der Waals surface area contributed by atoms with Crippen LogP contribution in [0.3, 0.4) is 0 Å². The van der Waals surface area contributed by atoms with Crippen molar-refractivity contribution in [1.29, 1.82) is 10.5 Å². The van der Waals surface area contributed by atoms with Gasteiger partial charge in [-0.2, -0.15) is 10.5 Å². The van der Waals surface area contributed by atoms with Crippen molar-refractivity contribution in [2.75, 3.05) is 27.3 Å². The highest BCUT2D eigenvalue weighted by molar-refractivity contribution is 6.45. The molecule has 3 aliphatic rings. The maximum Gasteiger partial charge on any atom is 0.457 e. The summed E-state index contributed by atoms with van der Waals surface area (Å²) in [6.45, 7) is 22.5. The molecule has 3 saturated heterocycles. The molecule has 0 aromatic carbocycles. The summed E-state index contributed by atoms with van der Waals surface area (Å²) in [4.78, 5) is 52.1. The van der Waals surface area contributed by atoms with Crippen LogP contribution in [0.15, 0.2) is 12.7 Å². The third-order valence-electron chi connectivity index (χ3n) is 9.49. The minimum absolute atomic E-state index is 0. The Kier molecular flexibility index (Phi) is 16.3. The van der Waals surface area contributed by atoms with Crippen LogP contribution in [-0.2, 0) is 37.8 Å². The predicted octanol–water partition coefficient (Wildman–Crippen LogP) is 6.15. The number of ether oxygens (including phenoxy) is 4. The SMILES string of the molecule is C.C=CCC1C(C#N)CN(C(=O)OC(C)(C)C)[C@@H]1C(=O)OC.COC(=O)[C@@H]1C(CCCB2OC(C)(C)C(C)(C)O2)C(C#N)CN1C(=O)OC(C)(C)C. The number of esters is 2. The summed E-state index contributed by atoms with van der Waals surface area (Å²) in [7, 11) is 2.22. The number of methoxy groups -OCH3 is 2. The average Bonchev–Trinajstić information content (AvgIpc) is 3.63. The van der Waals surface area contributed by atoms with E-state index in [9.17, 15) is 29.7 Å². The lowest BCUT2D eigenvalue weighted by Crippen LogP contribution is -2.46. The number of carbonyl (C=O) groups is 4. The Bertz CT molecular complexity index is 1340. The third-order valence-corrected chi connectivity index (χ3v) is 9.49. The smallest absolute Gasteiger partial charge is 0.457 e. The Morgan fingerprint density at radius 2 is 1.19 bits per heavy atom. The van der Waals surface area contributed by atoms with E-state index in [1.807, 2.05) is 27.7 Å². The number of carbonyl (C=O) groups excluding carboxylic acids is 4. The van der Waals surface area contributed by atoms with Crippen molar-refractivity contribution in [1.82, 2.24) is 9.80 Å². The number of amides is 2. The summed E-state index contributed by atoms with van der Waals surface area (Å²) in [5, 5.41) is 18.9. The van der Waals surface area contributed by atoms with E-state index in [2.05, 4.69) is 18.7 Å². The lowest BCUT2D eigenvalue weighted by Gasteiger charge is -2.32. The molecule has 0 aromatic heterocycles. The fourth-order valence-corrected chi connectivity index (χ4v) is 6.41. The Morgan fingerprint density at radius 1 is 0.808 bits per heavy atom. The van der Waals surface area contributed by atoms with Crippen LogP contribution in [-0.4, -0.2) is 103 Å². The summed E-state index contributed by atoms with van der Waals surface area (Å²) in [5.74, 6) is -2.64. The molecule has 0 bridgehead atoms. The highest BCUT2D eigenvalue weighted by atomic mass is 16.7. The zero-order valence-corrected chi connectivity index (χ0v) is 32.4. The minimum atomic E-state index is -0.840. The third kappa shape index (κ3) is 11.6. The normalized spacial score (nSPS) is 26.1.